The molecule has 0 N–H and O–H groups in total. The first-order chi connectivity index (χ1) is 7.17. The minimum atomic E-state index is -0.740. The molecular formula is C11H10BrNO2. The maximum Gasteiger partial charge on any atom is 0.390 e. The van der Waals surface area contributed by atoms with Crippen LogP contribution in [0.15, 0.2) is 28.7 Å². The molecule has 4 heteroatoms. The summed E-state index contributed by atoms with van der Waals surface area (Å²) in [6, 6.07) is 6.79. The number of ether oxygens (including phenoxy) is 1. The third-order valence-corrected chi connectivity index (χ3v) is 2.50. The zero-order valence-electron chi connectivity index (χ0n) is 8.24. The Bertz CT molecular complexity index is 381. The molecule has 0 unspecified atom stereocenters. The van der Waals surface area contributed by atoms with Crippen molar-refractivity contribution in [2.45, 2.75) is 12.5 Å². The molecule has 0 amide bonds. The Morgan fingerprint density at radius 3 is 2.60 bits per heavy atom. The van der Waals surface area contributed by atoms with Crippen molar-refractivity contribution < 1.29 is 9.53 Å². The Balaban J connectivity index is 2.72. The number of carbonyl (C=O) groups excluding carboxylic acids is 1. The van der Waals surface area contributed by atoms with Crippen LogP contribution >= 0.6 is 15.9 Å². The minimum Gasteiger partial charge on any atom is -0.463 e. The Labute approximate surface area is 97.0 Å². The second kappa shape index (κ2) is 5.52. The van der Waals surface area contributed by atoms with E-state index in [1.165, 1.54) is 7.11 Å². The monoisotopic (exact) mass is 267 g/mol. The smallest absolute Gasteiger partial charge is 0.390 e. The van der Waals surface area contributed by atoms with E-state index in [9.17, 15) is 4.79 Å². The van der Waals surface area contributed by atoms with Crippen LogP contribution in [0.3, 0.4) is 0 Å². The van der Waals surface area contributed by atoms with Gasteiger partial charge in [0.2, 0.25) is 0 Å². The zero-order valence-corrected chi connectivity index (χ0v) is 9.82. The number of nitrogens with zero attached hydrogens (tertiary/aromatic N) is 1. The molecule has 0 saturated carbocycles. The SMILES string of the molecule is [C-]#[N+][C@H](Cc1ccc(Br)cc1)C(=O)OC. The van der Waals surface area contributed by atoms with Gasteiger partial charge in [-0.25, -0.2) is 11.4 Å². The summed E-state index contributed by atoms with van der Waals surface area (Å²) in [6.07, 6.45) is 0.392. The first kappa shape index (κ1) is 11.7. The predicted octanol–water partition coefficient (Wildman–Crippen LogP) is 2.45. The van der Waals surface area contributed by atoms with Crippen LogP contribution in [0.2, 0.25) is 0 Å². The lowest BCUT2D eigenvalue weighted by Gasteiger charge is -2.03. The second-order valence-corrected chi connectivity index (χ2v) is 3.91. The zero-order chi connectivity index (χ0) is 11.3. The van der Waals surface area contributed by atoms with Gasteiger partial charge in [-0.2, -0.15) is 0 Å². The highest BCUT2D eigenvalue weighted by Gasteiger charge is 2.24. The highest BCUT2D eigenvalue weighted by atomic mass is 79.9. The molecular weight excluding hydrogens is 258 g/mol. The number of hydrogen-bond acceptors (Lipinski definition) is 2. The lowest BCUT2D eigenvalue weighted by Crippen LogP contribution is -2.20. The second-order valence-electron chi connectivity index (χ2n) is 3.00. The lowest BCUT2D eigenvalue weighted by atomic mass is 10.1. The molecule has 0 spiro atoms. The first-order valence-electron chi connectivity index (χ1n) is 4.36. The van der Waals surface area contributed by atoms with E-state index in [0.29, 0.717) is 6.42 Å². The van der Waals surface area contributed by atoms with E-state index in [0.717, 1.165) is 10.0 Å². The van der Waals surface area contributed by atoms with Crippen LogP contribution in [-0.2, 0) is 16.0 Å². The van der Waals surface area contributed by atoms with E-state index in [1.807, 2.05) is 24.3 Å². The van der Waals surface area contributed by atoms with Crippen molar-refractivity contribution in [2.75, 3.05) is 7.11 Å². The van der Waals surface area contributed by atoms with Gasteiger partial charge in [0.05, 0.1) is 13.5 Å². The van der Waals surface area contributed by atoms with Crippen molar-refractivity contribution >= 4 is 21.9 Å². The Hall–Kier alpha value is -1.34. The average Bonchev–Trinajstić information content (AvgIpc) is 2.27. The minimum absolute atomic E-state index is 0.392. The molecule has 0 aromatic heterocycles. The molecule has 0 saturated heterocycles. The van der Waals surface area contributed by atoms with E-state index in [4.69, 9.17) is 6.57 Å². The van der Waals surface area contributed by atoms with Crippen LogP contribution in [0, 0.1) is 6.57 Å². The van der Waals surface area contributed by atoms with Gasteiger partial charge in [-0.15, -0.1) is 0 Å². The van der Waals surface area contributed by atoms with Crippen LogP contribution in [0.25, 0.3) is 4.85 Å². The summed E-state index contributed by atoms with van der Waals surface area (Å²) in [5, 5.41) is 0. The van der Waals surface area contributed by atoms with Crippen LogP contribution in [-0.4, -0.2) is 19.1 Å². The topological polar surface area (TPSA) is 30.7 Å². The number of halogens is 1. The van der Waals surface area contributed by atoms with E-state index in [-0.39, 0.29) is 0 Å². The molecule has 0 heterocycles. The summed E-state index contributed by atoms with van der Waals surface area (Å²) in [5.74, 6) is -0.479. The van der Waals surface area contributed by atoms with Crippen molar-refractivity contribution in [3.63, 3.8) is 0 Å². The number of carbonyl (C=O) groups is 1. The van der Waals surface area contributed by atoms with Crippen molar-refractivity contribution in [1.29, 1.82) is 0 Å². The molecule has 0 aliphatic carbocycles. The normalized spacial score (nSPS) is 11.5. The average molecular weight is 268 g/mol. The summed E-state index contributed by atoms with van der Waals surface area (Å²) in [6.45, 7) is 6.90. The third-order valence-electron chi connectivity index (χ3n) is 1.97. The Morgan fingerprint density at radius 1 is 1.53 bits per heavy atom. The molecule has 0 aliphatic heterocycles. The van der Waals surface area contributed by atoms with Gasteiger partial charge in [-0.05, 0) is 17.7 Å². The molecule has 15 heavy (non-hydrogen) atoms. The van der Waals surface area contributed by atoms with Crippen LogP contribution < -0.4 is 0 Å². The van der Waals surface area contributed by atoms with Crippen LogP contribution in [0.1, 0.15) is 5.56 Å². The maximum atomic E-state index is 11.2. The molecule has 0 fully saturated rings. The summed E-state index contributed by atoms with van der Waals surface area (Å²) in [4.78, 5) is 14.4. The largest absolute Gasteiger partial charge is 0.463 e. The number of rotatable bonds is 3. The lowest BCUT2D eigenvalue weighted by molar-refractivity contribution is -0.141. The van der Waals surface area contributed by atoms with Gasteiger partial charge in [0.25, 0.3) is 0 Å². The van der Waals surface area contributed by atoms with E-state index >= 15 is 0 Å². The molecule has 0 radical (unpaired) electrons. The standard InChI is InChI=1S/C11H10BrNO2/c1-13-10(11(14)15-2)7-8-3-5-9(12)6-4-8/h3-6,10H,7H2,2H3/t10-/m1/s1. The van der Waals surface area contributed by atoms with Gasteiger partial charge in [-0.1, -0.05) is 28.1 Å². The van der Waals surface area contributed by atoms with E-state index in [2.05, 4.69) is 25.5 Å². The summed E-state index contributed by atoms with van der Waals surface area (Å²) in [7, 11) is 1.29. The Morgan fingerprint density at radius 2 is 2.13 bits per heavy atom. The molecule has 78 valence electrons. The third kappa shape index (κ3) is 3.37. The first-order valence-corrected chi connectivity index (χ1v) is 5.15. The van der Waals surface area contributed by atoms with Gasteiger partial charge in [-0.3, -0.25) is 0 Å². The fraction of sp³-hybridized carbons (Fsp3) is 0.273. The number of hydrogen-bond donors (Lipinski definition) is 0. The molecule has 1 rings (SSSR count). The predicted molar refractivity (Wildman–Crippen MR) is 60.3 cm³/mol. The van der Waals surface area contributed by atoms with Crippen molar-refractivity contribution in [1.82, 2.24) is 0 Å². The number of benzene rings is 1. The molecule has 0 bridgehead atoms. The molecule has 0 aliphatic rings. The Kier molecular flexibility index (Phi) is 4.32. The van der Waals surface area contributed by atoms with Crippen LogP contribution in [0.4, 0.5) is 0 Å². The van der Waals surface area contributed by atoms with Crippen LogP contribution in [0.5, 0.6) is 0 Å². The molecule has 1 aromatic rings. The molecule has 1 atom stereocenters. The van der Waals surface area contributed by atoms with Gasteiger partial charge >= 0.3 is 12.0 Å². The summed E-state index contributed by atoms with van der Waals surface area (Å²) < 4.78 is 5.51. The fourth-order valence-electron chi connectivity index (χ4n) is 1.16. The van der Waals surface area contributed by atoms with E-state index in [1.54, 1.807) is 0 Å². The van der Waals surface area contributed by atoms with Gasteiger partial charge in [0, 0.05) is 4.47 Å². The quantitative estimate of drug-likeness (QED) is 0.622. The molecule has 3 nitrogen and oxygen atoms in total. The highest BCUT2D eigenvalue weighted by molar-refractivity contribution is 9.10. The van der Waals surface area contributed by atoms with Crippen molar-refractivity contribution in [3.8, 4) is 0 Å². The van der Waals surface area contributed by atoms with Crippen molar-refractivity contribution in [2.24, 2.45) is 0 Å². The summed E-state index contributed by atoms with van der Waals surface area (Å²) >= 11 is 3.32. The van der Waals surface area contributed by atoms with Crippen molar-refractivity contribution in [3.05, 3.63) is 45.7 Å². The molecule has 1 aromatic carbocycles. The maximum absolute atomic E-state index is 11.2. The van der Waals surface area contributed by atoms with Gasteiger partial charge in [0.1, 0.15) is 0 Å². The fourth-order valence-corrected chi connectivity index (χ4v) is 1.43. The highest BCUT2D eigenvalue weighted by Crippen LogP contribution is 2.13. The van der Waals surface area contributed by atoms with Gasteiger partial charge in [0.15, 0.2) is 0 Å². The number of esters is 1. The van der Waals surface area contributed by atoms with E-state index < -0.39 is 12.0 Å². The summed E-state index contributed by atoms with van der Waals surface area (Å²) in [5.41, 5.74) is 0.949. The number of methoxy groups -OCH3 is 1. The van der Waals surface area contributed by atoms with Gasteiger partial charge < -0.3 is 9.58 Å².